The van der Waals surface area contributed by atoms with E-state index in [0.717, 1.165) is 10.9 Å². The topological polar surface area (TPSA) is 85.6 Å². The molecule has 26 heavy (non-hydrogen) atoms. The molecular formula is C20H17NO5. The van der Waals surface area contributed by atoms with Crippen LogP contribution in [0.25, 0.3) is 11.0 Å². The largest absolute Gasteiger partial charge is 0.426 e. The highest BCUT2D eigenvalue weighted by Crippen LogP contribution is 2.22. The van der Waals surface area contributed by atoms with Crippen LogP contribution in [0.2, 0.25) is 0 Å². The molecule has 0 radical (unpaired) electrons. The van der Waals surface area contributed by atoms with Crippen LogP contribution in [0, 0.1) is 0 Å². The van der Waals surface area contributed by atoms with E-state index in [4.69, 9.17) is 9.15 Å². The first-order valence-corrected chi connectivity index (χ1v) is 8.08. The first-order valence-electron chi connectivity index (χ1n) is 8.08. The number of rotatable bonds is 5. The molecule has 1 heterocycles. The molecule has 0 saturated heterocycles. The molecule has 1 atom stereocenters. The van der Waals surface area contributed by atoms with Crippen molar-refractivity contribution in [2.75, 3.05) is 0 Å². The van der Waals surface area contributed by atoms with Gasteiger partial charge in [-0.1, -0.05) is 30.3 Å². The molecule has 0 saturated carbocycles. The number of hydrogen-bond donors (Lipinski definition) is 1. The van der Waals surface area contributed by atoms with Gasteiger partial charge in [-0.15, -0.1) is 0 Å². The third-order valence-corrected chi connectivity index (χ3v) is 3.78. The molecule has 6 heteroatoms. The Morgan fingerprint density at radius 1 is 1.08 bits per heavy atom. The Morgan fingerprint density at radius 2 is 1.81 bits per heavy atom. The molecule has 0 unspecified atom stereocenters. The van der Waals surface area contributed by atoms with Crippen molar-refractivity contribution >= 4 is 22.8 Å². The van der Waals surface area contributed by atoms with Gasteiger partial charge in [0.25, 0.3) is 0 Å². The summed E-state index contributed by atoms with van der Waals surface area (Å²) in [5, 5.41) is 3.48. The lowest BCUT2D eigenvalue weighted by Gasteiger charge is -2.17. The number of nitrogens with one attached hydrogen (secondary N) is 1. The van der Waals surface area contributed by atoms with Crippen LogP contribution in [0.15, 0.2) is 69.9 Å². The van der Waals surface area contributed by atoms with Gasteiger partial charge in [0.1, 0.15) is 11.3 Å². The van der Waals surface area contributed by atoms with E-state index in [1.165, 1.54) is 19.1 Å². The average molecular weight is 351 g/mol. The molecule has 1 amide bonds. The van der Waals surface area contributed by atoms with E-state index in [-0.39, 0.29) is 18.1 Å². The Hall–Kier alpha value is -3.41. The number of esters is 1. The quantitative estimate of drug-likeness (QED) is 0.434. The van der Waals surface area contributed by atoms with Crippen molar-refractivity contribution in [1.29, 1.82) is 0 Å². The molecule has 0 fully saturated rings. The molecule has 0 aliphatic heterocycles. The first kappa shape index (κ1) is 17.4. The fraction of sp³-hybridized carbons (Fsp3) is 0.150. The molecule has 0 aliphatic rings. The third kappa shape index (κ3) is 4.36. The Labute approximate surface area is 149 Å². The predicted molar refractivity (Wildman–Crippen MR) is 95.7 cm³/mol. The van der Waals surface area contributed by atoms with Gasteiger partial charge < -0.3 is 14.5 Å². The van der Waals surface area contributed by atoms with Gasteiger partial charge in [0.15, 0.2) is 0 Å². The van der Waals surface area contributed by atoms with E-state index in [9.17, 15) is 14.4 Å². The van der Waals surface area contributed by atoms with E-state index >= 15 is 0 Å². The van der Waals surface area contributed by atoms with Gasteiger partial charge in [-0.2, -0.15) is 0 Å². The molecular weight excluding hydrogens is 334 g/mol. The van der Waals surface area contributed by atoms with Gasteiger partial charge in [0.05, 0.1) is 12.5 Å². The number of carbonyl (C=O) groups excluding carboxylic acids is 2. The Morgan fingerprint density at radius 3 is 2.54 bits per heavy atom. The fourth-order valence-corrected chi connectivity index (χ4v) is 2.63. The number of fused-ring (bicyclic) bond motifs is 1. The van der Waals surface area contributed by atoms with Gasteiger partial charge in [-0.3, -0.25) is 9.59 Å². The molecule has 3 rings (SSSR count). The minimum absolute atomic E-state index is 0.0274. The van der Waals surface area contributed by atoms with Crippen molar-refractivity contribution in [3.8, 4) is 5.75 Å². The van der Waals surface area contributed by atoms with E-state index in [0.29, 0.717) is 5.58 Å². The summed E-state index contributed by atoms with van der Waals surface area (Å²) in [5.74, 6) is -0.476. The lowest BCUT2D eigenvalue weighted by Crippen LogP contribution is -2.29. The van der Waals surface area contributed by atoms with Crippen LogP contribution in [-0.4, -0.2) is 11.9 Å². The Balaban J connectivity index is 1.75. The standard InChI is InChI=1S/C20H17NO5/c1-13(22)21-17(14-5-3-2-4-6-14)12-20(24)25-16-9-7-15-8-10-19(23)26-18(15)11-16/h2-11,17H,12H2,1H3,(H,21,22)/t17-/m1/s1. The van der Waals surface area contributed by atoms with Crippen LogP contribution in [0.1, 0.15) is 24.9 Å². The minimum Gasteiger partial charge on any atom is -0.426 e. The second-order valence-electron chi connectivity index (χ2n) is 5.80. The molecule has 0 bridgehead atoms. The summed E-state index contributed by atoms with van der Waals surface area (Å²) in [6.07, 6.45) is -0.0274. The van der Waals surface area contributed by atoms with Crippen molar-refractivity contribution in [3.63, 3.8) is 0 Å². The summed E-state index contributed by atoms with van der Waals surface area (Å²) in [6.45, 7) is 1.40. The van der Waals surface area contributed by atoms with Gasteiger partial charge in [0, 0.05) is 24.4 Å². The van der Waals surface area contributed by atoms with Gasteiger partial charge in [-0.05, 0) is 23.8 Å². The zero-order valence-corrected chi connectivity index (χ0v) is 14.1. The summed E-state index contributed by atoms with van der Waals surface area (Å²) < 4.78 is 10.4. The second-order valence-corrected chi connectivity index (χ2v) is 5.80. The molecule has 0 spiro atoms. The maximum atomic E-state index is 12.3. The summed E-state index contributed by atoms with van der Waals surface area (Å²) in [6, 6.07) is 16.5. The van der Waals surface area contributed by atoms with Crippen molar-refractivity contribution < 1.29 is 18.7 Å². The smallest absolute Gasteiger partial charge is 0.336 e. The van der Waals surface area contributed by atoms with Gasteiger partial charge in [0.2, 0.25) is 5.91 Å². The number of ether oxygens (including phenoxy) is 1. The maximum Gasteiger partial charge on any atom is 0.336 e. The molecule has 2 aromatic carbocycles. The summed E-state index contributed by atoms with van der Waals surface area (Å²) in [4.78, 5) is 35.1. The lowest BCUT2D eigenvalue weighted by atomic mass is 10.0. The van der Waals surface area contributed by atoms with Crippen LogP contribution < -0.4 is 15.7 Å². The monoisotopic (exact) mass is 351 g/mol. The SMILES string of the molecule is CC(=O)N[C@H](CC(=O)Oc1ccc2ccc(=O)oc2c1)c1ccccc1. The number of hydrogen-bond acceptors (Lipinski definition) is 5. The van der Waals surface area contributed by atoms with Crippen LogP contribution in [0.3, 0.4) is 0 Å². The van der Waals surface area contributed by atoms with Crippen molar-refractivity contribution in [3.05, 3.63) is 76.6 Å². The van der Waals surface area contributed by atoms with Crippen LogP contribution in [0.4, 0.5) is 0 Å². The zero-order chi connectivity index (χ0) is 18.5. The number of amides is 1. The Bertz CT molecular complexity index is 994. The summed E-state index contributed by atoms with van der Waals surface area (Å²) in [7, 11) is 0. The van der Waals surface area contributed by atoms with Crippen LogP contribution in [-0.2, 0) is 9.59 Å². The normalized spacial score (nSPS) is 11.7. The molecule has 3 aromatic rings. The van der Waals surface area contributed by atoms with Crippen molar-refractivity contribution in [2.45, 2.75) is 19.4 Å². The van der Waals surface area contributed by atoms with Gasteiger partial charge >= 0.3 is 11.6 Å². The second kappa shape index (κ2) is 7.65. The molecule has 1 aromatic heterocycles. The van der Waals surface area contributed by atoms with Crippen LogP contribution >= 0.6 is 0 Å². The highest BCUT2D eigenvalue weighted by molar-refractivity contribution is 5.80. The van der Waals surface area contributed by atoms with Crippen molar-refractivity contribution in [2.24, 2.45) is 0 Å². The predicted octanol–water partition coefficient (Wildman–Crippen LogP) is 2.97. The number of benzene rings is 2. The maximum absolute atomic E-state index is 12.3. The van der Waals surface area contributed by atoms with E-state index in [1.54, 1.807) is 18.2 Å². The lowest BCUT2D eigenvalue weighted by molar-refractivity contribution is -0.135. The summed E-state index contributed by atoms with van der Waals surface area (Å²) >= 11 is 0. The van der Waals surface area contributed by atoms with E-state index < -0.39 is 17.6 Å². The number of carbonyl (C=O) groups is 2. The highest BCUT2D eigenvalue weighted by atomic mass is 16.5. The van der Waals surface area contributed by atoms with Crippen molar-refractivity contribution in [1.82, 2.24) is 5.32 Å². The van der Waals surface area contributed by atoms with E-state index in [1.807, 2.05) is 30.3 Å². The molecule has 6 nitrogen and oxygen atoms in total. The average Bonchev–Trinajstić information content (AvgIpc) is 2.61. The molecule has 0 aliphatic carbocycles. The fourth-order valence-electron chi connectivity index (χ4n) is 2.63. The van der Waals surface area contributed by atoms with Crippen LogP contribution in [0.5, 0.6) is 5.75 Å². The highest BCUT2D eigenvalue weighted by Gasteiger charge is 2.18. The first-order chi connectivity index (χ1) is 12.5. The van der Waals surface area contributed by atoms with E-state index in [2.05, 4.69) is 5.32 Å². The minimum atomic E-state index is -0.509. The Kier molecular flexibility index (Phi) is 5.12. The molecule has 1 N–H and O–H groups in total. The zero-order valence-electron chi connectivity index (χ0n) is 14.1. The summed E-state index contributed by atoms with van der Waals surface area (Å²) in [5.41, 5.74) is 0.671. The van der Waals surface area contributed by atoms with Gasteiger partial charge in [-0.25, -0.2) is 4.79 Å². The third-order valence-electron chi connectivity index (χ3n) is 3.78. The molecule has 132 valence electrons.